The number of nitrogens with two attached hydrogens (primary N) is 1. The molecular formula is C15H16FNO. The van der Waals surface area contributed by atoms with Crippen LogP contribution in [0.15, 0.2) is 48.5 Å². The van der Waals surface area contributed by atoms with Crippen molar-refractivity contribution in [3.05, 3.63) is 65.5 Å². The molecule has 18 heavy (non-hydrogen) atoms. The molecular weight excluding hydrogens is 229 g/mol. The van der Waals surface area contributed by atoms with Crippen molar-refractivity contribution in [3.8, 4) is 5.75 Å². The zero-order valence-electron chi connectivity index (χ0n) is 10.0. The summed E-state index contributed by atoms with van der Waals surface area (Å²) in [5.41, 5.74) is 7.81. The molecule has 0 spiro atoms. The third kappa shape index (κ3) is 3.08. The van der Waals surface area contributed by atoms with Crippen molar-refractivity contribution in [2.45, 2.75) is 12.3 Å². The first kappa shape index (κ1) is 12.6. The average molecular weight is 245 g/mol. The second-order valence-electron chi connectivity index (χ2n) is 4.36. The summed E-state index contributed by atoms with van der Waals surface area (Å²) < 4.78 is 12.9. The van der Waals surface area contributed by atoms with E-state index < -0.39 is 0 Å². The van der Waals surface area contributed by atoms with E-state index in [1.165, 1.54) is 12.1 Å². The monoisotopic (exact) mass is 245 g/mol. The van der Waals surface area contributed by atoms with E-state index in [2.05, 4.69) is 0 Å². The maximum Gasteiger partial charge on any atom is 0.123 e. The van der Waals surface area contributed by atoms with Crippen molar-refractivity contribution in [1.29, 1.82) is 0 Å². The van der Waals surface area contributed by atoms with Crippen molar-refractivity contribution in [1.82, 2.24) is 0 Å². The van der Waals surface area contributed by atoms with E-state index in [4.69, 9.17) is 5.73 Å². The Balaban J connectivity index is 2.17. The lowest BCUT2D eigenvalue weighted by molar-refractivity contribution is 0.474. The zero-order valence-corrected chi connectivity index (χ0v) is 10.0. The first-order valence-electron chi connectivity index (χ1n) is 5.92. The summed E-state index contributed by atoms with van der Waals surface area (Å²) >= 11 is 0. The smallest absolute Gasteiger partial charge is 0.123 e. The fourth-order valence-corrected chi connectivity index (χ4v) is 2.04. The van der Waals surface area contributed by atoms with Gasteiger partial charge in [-0.25, -0.2) is 4.39 Å². The molecule has 0 saturated carbocycles. The molecule has 0 aliphatic rings. The SMILES string of the molecule is NCC(Cc1cccc(O)c1)c1ccc(F)cc1. The second kappa shape index (κ2) is 5.65. The first-order chi connectivity index (χ1) is 8.69. The van der Waals surface area contributed by atoms with Gasteiger partial charge in [0, 0.05) is 5.92 Å². The molecule has 1 atom stereocenters. The van der Waals surface area contributed by atoms with Crippen LogP contribution in [0.25, 0.3) is 0 Å². The van der Waals surface area contributed by atoms with Crippen LogP contribution in [0.5, 0.6) is 5.75 Å². The summed E-state index contributed by atoms with van der Waals surface area (Å²) in [5, 5.41) is 9.42. The van der Waals surface area contributed by atoms with Crippen LogP contribution < -0.4 is 5.73 Å². The van der Waals surface area contributed by atoms with E-state index >= 15 is 0 Å². The Bertz CT molecular complexity index is 510. The van der Waals surface area contributed by atoms with Crippen LogP contribution in [0.1, 0.15) is 17.0 Å². The van der Waals surface area contributed by atoms with Crippen LogP contribution >= 0.6 is 0 Å². The van der Waals surface area contributed by atoms with Gasteiger partial charge in [0.05, 0.1) is 0 Å². The van der Waals surface area contributed by atoms with E-state index in [1.807, 2.05) is 12.1 Å². The molecule has 0 aromatic heterocycles. The van der Waals surface area contributed by atoms with E-state index in [-0.39, 0.29) is 17.5 Å². The fourth-order valence-electron chi connectivity index (χ4n) is 2.04. The summed E-state index contributed by atoms with van der Waals surface area (Å²) in [4.78, 5) is 0. The highest BCUT2D eigenvalue weighted by atomic mass is 19.1. The molecule has 0 fully saturated rings. The predicted octanol–water partition coefficient (Wildman–Crippen LogP) is 2.82. The quantitative estimate of drug-likeness (QED) is 0.870. The van der Waals surface area contributed by atoms with Gasteiger partial charge in [-0.15, -0.1) is 0 Å². The number of benzene rings is 2. The van der Waals surface area contributed by atoms with Crippen molar-refractivity contribution >= 4 is 0 Å². The van der Waals surface area contributed by atoms with E-state index in [1.54, 1.807) is 24.3 Å². The predicted molar refractivity (Wildman–Crippen MR) is 70.0 cm³/mol. The van der Waals surface area contributed by atoms with Crippen molar-refractivity contribution in [3.63, 3.8) is 0 Å². The number of rotatable bonds is 4. The van der Waals surface area contributed by atoms with E-state index in [9.17, 15) is 9.50 Å². The number of halogens is 1. The molecule has 0 aliphatic carbocycles. The van der Waals surface area contributed by atoms with E-state index in [0.717, 1.165) is 17.5 Å². The number of hydrogen-bond acceptors (Lipinski definition) is 2. The number of phenolic OH excluding ortho intramolecular Hbond substituents is 1. The highest BCUT2D eigenvalue weighted by Gasteiger charge is 2.11. The maximum atomic E-state index is 12.9. The lowest BCUT2D eigenvalue weighted by Crippen LogP contribution is -2.15. The summed E-state index contributed by atoms with van der Waals surface area (Å²) in [7, 11) is 0. The molecule has 2 aromatic carbocycles. The molecule has 3 heteroatoms. The molecule has 2 nitrogen and oxygen atoms in total. The van der Waals surface area contributed by atoms with Gasteiger partial charge in [-0.05, 0) is 48.4 Å². The molecule has 94 valence electrons. The molecule has 2 rings (SSSR count). The van der Waals surface area contributed by atoms with Crippen LogP contribution in [-0.4, -0.2) is 11.7 Å². The summed E-state index contributed by atoms with van der Waals surface area (Å²) in [6.45, 7) is 0.487. The highest BCUT2D eigenvalue weighted by Crippen LogP contribution is 2.22. The van der Waals surface area contributed by atoms with Gasteiger partial charge in [-0.2, -0.15) is 0 Å². The third-order valence-corrected chi connectivity index (χ3v) is 3.02. The van der Waals surface area contributed by atoms with Crippen LogP contribution in [0.4, 0.5) is 4.39 Å². The summed E-state index contributed by atoms with van der Waals surface area (Å²) in [5.74, 6) is 0.140. The van der Waals surface area contributed by atoms with Crippen LogP contribution in [-0.2, 0) is 6.42 Å². The molecule has 1 unspecified atom stereocenters. The fraction of sp³-hybridized carbons (Fsp3) is 0.200. The van der Waals surface area contributed by atoms with Gasteiger partial charge in [0.2, 0.25) is 0 Å². The third-order valence-electron chi connectivity index (χ3n) is 3.02. The Hall–Kier alpha value is -1.87. The van der Waals surface area contributed by atoms with Crippen LogP contribution in [0, 0.1) is 5.82 Å². The van der Waals surface area contributed by atoms with Gasteiger partial charge >= 0.3 is 0 Å². The highest BCUT2D eigenvalue weighted by molar-refractivity contribution is 5.30. The minimum atomic E-state index is -0.244. The zero-order chi connectivity index (χ0) is 13.0. The average Bonchev–Trinajstić information content (AvgIpc) is 2.37. The maximum absolute atomic E-state index is 12.9. The topological polar surface area (TPSA) is 46.2 Å². The largest absolute Gasteiger partial charge is 0.508 e. The van der Waals surface area contributed by atoms with Gasteiger partial charge in [0.1, 0.15) is 11.6 Å². The molecule has 0 heterocycles. The van der Waals surface area contributed by atoms with Gasteiger partial charge in [-0.1, -0.05) is 24.3 Å². The van der Waals surface area contributed by atoms with E-state index in [0.29, 0.717) is 6.54 Å². The molecule has 3 N–H and O–H groups in total. The van der Waals surface area contributed by atoms with Gasteiger partial charge < -0.3 is 10.8 Å². The second-order valence-corrected chi connectivity index (χ2v) is 4.36. The van der Waals surface area contributed by atoms with Gasteiger partial charge in [0.15, 0.2) is 0 Å². The summed E-state index contributed by atoms with van der Waals surface area (Å²) in [6.07, 6.45) is 0.733. The molecule has 0 saturated heterocycles. The minimum absolute atomic E-state index is 0.132. The van der Waals surface area contributed by atoms with Crippen LogP contribution in [0.3, 0.4) is 0 Å². The normalized spacial score (nSPS) is 12.3. The van der Waals surface area contributed by atoms with Crippen molar-refractivity contribution < 1.29 is 9.50 Å². The lowest BCUT2D eigenvalue weighted by atomic mass is 9.92. The molecule has 2 aromatic rings. The van der Waals surface area contributed by atoms with Crippen LogP contribution in [0.2, 0.25) is 0 Å². The molecule has 0 aliphatic heterocycles. The Kier molecular flexibility index (Phi) is 3.95. The Labute approximate surface area is 106 Å². The molecule has 0 radical (unpaired) electrons. The Morgan fingerprint density at radius 1 is 1.11 bits per heavy atom. The summed E-state index contributed by atoms with van der Waals surface area (Å²) in [6, 6.07) is 13.5. The van der Waals surface area contributed by atoms with Gasteiger partial charge in [0.25, 0.3) is 0 Å². The Morgan fingerprint density at radius 3 is 2.44 bits per heavy atom. The van der Waals surface area contributed by atoms with Crippen molar-refractivity contribution in [2.75, 3.05) is 6.54 Å². The Morgan fingerprint density at radius 2 is 1.83 bits per heavy atom. The number of phenols is 1. The molecule has 0 bridgehead atoms. The van der Waals surface area contributed by atoms with Crippen molar-refractivity contribution in [2.24, 2.45) is 5.73 Å². The van der Waals surface area contributed by atoms with Gasteiger partial charge in [-0.3, -0.25) is 0 Å². The lowest BCUT2D eigenvalue weighted by Gasteiger charge is -2.15. The standard InChI is InChI=1S/C15H16FNO/c16-14-6-4-12(5-7-14)13(10-17)8-11-2-1-3-15(18)9-11/h1-7,9,13,18H,8,10,17H2. The number of hydrogen-bond donors (Lipinski definition) is 2. The first-order valence-corrected chi connectivity index (χ1v) is 5.92. The number of aromatic hydroxyl groups is 1. The minimum Gasteiger partial charge on any atom is -0.508 e. The molecule has 0 amide bonds.